The van der Waals surface area contributed by atoms with Crippen molar-refractivity contribution in [3.05, 3.63) is 33.9 Å². The lowest BCUT2D eigenvalue weighted by Gasteiger charge is -2.22. The number of amides is 1. The largest absolute Gasteiger partial charge is 0.490 e. The molecule has 0 saturated carbocycles. The molecule has 8 nitrogen and oxygen atoms in total. The Bertz CT molecular complexity index is 585. The second kappa shape index (κ2) is 7.39. The molecule has 0 radical (unpaired) electrons. The summed E-state index contributed by atoms with van der Waals surface area (Å²) in [5.74, 6) is -1.61. The maximum atomic E-state index is 12.4. The average molecular weight is 310 g/mol. The lowest BCUT2D eigenvalue weighted by atomic mass is 10.1. The zero-order valence-electron chi connectivity index (χ0n) is 12.6. The zero-order valence-corrected chi connectivity index (χ0v) is 12.6. The van der Waals surface area contributed by atoms with E-state index >= 15 is 0 Å². The first-order valence-corrected chi connectivity index (χ1v) is 6.59. The van der Waals surface area contributed by atoms with Crippen LogP contribution in [-0.4, -0.2) is 47.0 Å². The minimum absolute atomic E-state index is 0.0372. The van der Waals surface area contributed by atoms with Gasteiger partial charge in [-0.3, -0.25) is 19.7 Å². The fourth-order valence-electron chi connectivity index (χ4n) is 1.97. The summed E-state index contributed by atoms with van der Waals surface area (Å²) < 4.78 is 4.87. The van der Waals surface area contributed by atoms with Crippen molar-refractivity contribution in [3.8, 4) is 5.75 Å². The number of carbonyl (C=O) groups excluding carboxylic acids is 1. The molecule has 22 heavy (non-hydrogen) atoms. The van der Waals surface area contributed by atoms with Crippen LogP contribution in [0.5, 0.6) is 5.75 Å². The number of ether oxygens (including phenoxy) is 1. The molecular formula is C14H18N2O6. The van der Waals surface area contributed by atoms with E-state index in [0.29, 0.717) is 0 Å². The number of aliphatic carboxylic acids is 1. The maximum absolute atomic E-state index is 12.4. The van der Waals surface area contributed by atoms with Crippen LogP contribution in [0.3, 0.4) is 0 Å². The van der Waals surface area contributed by atoms with Gasteiger partial charge in [0.2, 0.25) is 0 Å². The summed E-state index contributed by atoms with van der Waals surface area (Å²) in [5, 5.41) is 19.9. The van der Waals surface area contributed by atoms with Gasteiger partial charge in [0.1, 0.15) is 6.54 Å². The number of carbonyl (C=O) groups is 2. The fraction of sp³-hybridized carbons (Fsp3) is 0.429. The molecule has 0 aliphatic rings. The highest BCUT2D eigenvalue weighted by Crippen LogP contribution is 2.28. The minimum atomic E-state index is -1.14. The Balaban J connectivity index is 3.15. The molecule has 1 N–H and O–H groups in total. The highest BCUT2D eigenvalue weighted by molar-refractivity contribution is 5.96. The molecular weight excluding hydrogens is 292 g/mol. The number of hydrogen-bond donors (Lipinski definition) is 1. The molecule has 0 unspecified atom stereocenters. The zero-order chi connectivity index (χ0) is 16.9. The van der Waals surface area contributed by atoms with E-state index in [2.05, 4.69) is 0 Å². The Labute approximate surface area is 127 Å². The van der Waals surface area contributed by atoms with Gasteiger partial charge in [-0.1, -0.05) is 13.8 Å². The molecule has 0 atom stereocenters. The van der Waals surface area contributed by atoms with Gasteiger partial charge < -0.3 is 14.7 Å². The van der Waals surface area contributed by atoms with Crippen molar-refractivity contribution in [1.82, 2.24) is 4.90 Å². The van der Waals surface area contributed by atoms with Crippen LogP contribution in [0.1, 0.15) is 24.2 Å². The molecule has 0 heterocycles. The third kappa shape index (κ3) is 4.44. The lowest BCUT2D eigenvalue weighted by Crippen LogP contribution is -2.38. The van der Waals surface area contributed by atoms with Crippen LogP contribution in [0.2, 0.25) is 0 Å². The van der Waals surface area contributed by atoms with Crippen LogP contribution in [-0.2, 0) is 4.79 Å². The van der Waals surface area contributed by atoms with Gasteiger partial charge in [-0.2, -0.15) is 0 Å². The average Bonchev–Trinajstić information content (AvgIpc) is 2.44. The van der Waals surface area contributed by atoms with Crippen molar-refractivity contribution in [3.63, 3.8) is 0 Å². The first-order valence-electron chi connectivity index (χ1n) is 6.59. The Morgan fingerprint density at radius 1 is 1.41 bits per heavy atom. The molecule has 1 amide bonds. The number of methoxy groups -OCH3 is 1. The Morgan fingerprint density at radius 2 is 2.05 bits per heavy atom. The number of benzene rings is 1. The van der Waals surface area contributed by atoms with E-state index in [1.807, 2.05) is 13.8 Å². The second-order valence-corrected chi connectivity index (χ2v) is 5.12. The molecule has 0 aliphatic heterocycles. The van der Waals surface area contributed by atoms with Crippen LogP contribution in [0, 0.1) is 16.0 Å². The number of nitro benzene ring substituents is 1. The summed E-state index contributed by atoms with van der Waals surface area (Å²) in [7, 11) is 1.29. The van der Waals surface area contributed by atoms with Crippen molar-refractivity contribution in [2.45, 2.75) is 13.8 Å². The van der Waals surface area contributed by atoms with E-state index < -0.39 is 23.3 Å². The maximum Gasteiger partial charge on any atom is 0.323 e. The predicted octanol–water partition coefficient (Wildman–Crippen LogP) is 1.79. The summed E-state index contributed by atoms with van der Waals surface area (Å²) in [6, 6.07) is 3.79. The first kappa shape index (κ1) is 17.4. The SMILES string of the molecule is COc1ccc(C(=O)N(CC(=O)O)CC(C)C)cc1[N+](=O)[O-]. The van der Waals surface area contributed by atoms with Gasteiger partial charge in [0.05, 0.1) is 12.0 Å². The topological polar surface area (TPSA) is 110 Å². The monoisotopic (exact) mass is 310 g/mol. The summed E-state index contributed by atoms with van der Waals surface area (Å²) in [6.45, 7) is 3.47. The van der Waals surface area contributed by atoms with Crippen LogP contribution in [0.4, 0.5) is 5.69 Å². The Hall–Kier alpha value is -2.64. The second-order valence-electron chi connectivity index (χ2n) is 5.12. The summed E-state index contributed by atoms with van der Waals surface area (Å²) in [5.41, 5.74) is -0.289. The molecule has 8 heteroatoms. The van der Waals surface area contributed by atoms with Crippen LogP contribution >= 0.6 is 0 Å². The molecule has 0 aromatic heterocycles. The molecule has 120 valence electrons. The molecule has 0 spiro atoms. The molecule has 1 aromatic rings. The van der Waals surface area contributed by atoms with E-state index in [0.717, 1.165) is 11.0 Å². The Morgan fingerprint density at radius 3 is 2.50 bits per heavy atom. The van der Waals surface area contributed by atoms with Gasteiger partial charge >= 0.3 is 11.7 Å². The van der Waals surface area contributed by atoms with E-state index in [1.54, 1.807) is 0 Å². The van der Waals surface area contributed by atoms with Crippen molar-refractivity contribution >= 4 is 17.6 Å². The summed E-state index contributed by atoms with van der Waals surface area (Å²) in [4.78, 5) is 34.8. The normalized spacial score (nSPS) is 10.4. The van der Waals surface area contributed by atoms with Gasteiger partial charge in [0.15, 0.2) is 5.75 Å². The smallest absolute Gasteiger partial charge is 0.323 e. The van der Waals surface area contributed by atoms with Crippen molar-refractivity contribution in [1.29, 1.82) is 0 Å². The van der Waals surface area contributed by atoms with Crippen molar-refractivity contribution in [2.24, 2.45) is 5.92 Å². The van der Waals surface area contributed by atoms with Crippen molar-refractivity contribution < 1.29 is 24.4 Å². The molecule has 0 bridgehead atoms. The number of nitrogens with zero attached hydrogens (tertiary/aromatic N) is 2. The number of rotatable bonds is 7. The van der Waals surface area contributed by atoms with E-state index in [9.17, 15) is 19.7 Å². The van der Waals surface area contributed by atoms with Gasteiger partial charge in [0.25, 0.3) is 5.91 Å². The predicted molar refractivity (Wildman–Crippen MR) is 78.0 cm³/mol. The quantitative estimate of drug-likeness (QED) is 0.607. The van der Waals surface area contributed by atoms with E-state index in [4.69, 9.17) is 9.84 Å². The third-order valence-corrected chi connectivity index (χ3v) is 2.82. The summed E-state index contributed by atoms with van der Waals surface area (Å²) >= 11 is 0. The highest BCUT2D eigenvalue weighted by atomic mass is 16.6. The van der Waals surface area contributed by atoms with Crippen LogP contribution in [0.15, 0.2) is 18.2 Å². The number of carboxylic acid groups (broad SMARTS) is 1. The number of nitro groups is 1. The summed E-state index contributed by atoms with van der Waals surface area (Å²) in [6.07, 6.45) is 0. The van der Waals surface area contributed by atoms with Gasteiger partial charge in [-0.05, 0) is 18.1 Å². The number of hydrogen-bond acceptors (Lipinski definition) is 5. The molecule has 0 saturated heterocycles. The lowest BCUT2D eigenvalue weighted by molar-refractivity contribution is -0.385. The van der Waals surface area contributed by atoms with E-state index in [-0.39, 0.29) is 29.5 Å². The van der Waals surface area contributed by atoms with Gasteiger partial charge in [-0.25, -0.2) is 0 Å². The standard InChI is InChI=1S/C14H18N2O6/c1-9(2)7-15(8-13(17)18)14(19)10-4-5-12(22-3)11(6-10)16(20)21/h4-6,9H,7-8H2,1-3H3,(H,17,18). The minimum Gasteiger partial charge on any atom is -0.490 e. The number of carboxylic acids is 1. The fourth-order valence-corrected chi connectivity index (χ4v) is 1.97. The van der Waals surface area contributed by atoms with Gasteiger partial charge in [-0.15, -0.1) is 0 Å². The van der Waals surface area contributed by atoms with Crippen LogP contribution in [0.25, 0.3) is 0 Å². The Kier molecular flexibility index (Phi) is 5.85. The van der Waals surface area contributed by atoms with Gasteiger partial charge in [0, 0.05) is 18.2 Å². The highest BCUT2D eigenvalue weighted by Gasteiger charge is 2.23. The molecule has 0 fully saturated rings. The third-order valence-electron chi connectivity index (χ3n) is 2.82. The van der Waals surface area contributed by atoms with E-state index in [1.165, 1.54) is 19.2 Å². The van der Waals surface area contributed by atoms with Crippen LogP contribution < -0.4 is 4.74 Å². The molecule has 1 aromatic carbocycles. The molecule has 1 rings (SSSR count). The molecule has 0 aliphatic carbocycles. The first-order chi connectivity index (χ1) is 10.3. The van der Waals surface area contributed by atoms with Crippen molar-refractivity contribution in [2.75, 3.05) is 20.2 Å².